The first kappa shape index (κ1) is 13.1. The Morgan fingerprint density at radius 1 is 1.20 bits per heavy atom. The molecule has 20 heavy (non-hydrogen) atoms. The smallest absolute Gasteiger partial charge is 0.312 e. The van der Waals surface area contributed by atoms with Crippen molar-refractivity contribution < 1.29 is 14.3 Å². The van der Waals surface area contributed by atoms with Gasteiger partial charge in [-0.15, -0.1) is 0 Å². The molecule has 3 N–H and O–H groups in total. The second-order valence-corrected chi connectivity index (χ2v) is 5.14. The largest absolute Gasteiger partial charge is 0.373 e. The van der Waals surface area contributed by atoms with Gasteiger partial charge in [0.25, 0.3) is 0 Å². The third-order valence-electron chi connectivity index (χ3n) is 3.75. The second-order valence-electron chi connectivity index (χ2n) is 5.14. The molecule has 2 saturated heterocycles. The van der Waals surface area contributed by atoms with Crippen LogP contribution in [-0.2, 0) is 9.47 Å². The van der Waals surface area contributed by atoms with Crippen molar-refractivity contribution >= 4 is 12.1 Å². The summed E-state index contributed by atoms with van der Waals surface area (Å²) in [5, 5.41) is 2.67. The molecule has 5 heteroatoms. The van der Waals surface area contributed by atoms with Crippen LogP contribution in [0.3, 0.4) is 0 Å². The molecule has 2 amide bonds. The molecule has 5 nitrogen and oxygen atoms in total. The minimum atomic E-state index is -0.536. The van der Waals surface area contributed by atoms with E-state index in [0.717, 1.165) is 5.56 Å². The highest BCUT2D eigenvalue weighted by molar-refractivity contribution is 5.72. The van der Waals surface area contributed by atoms with Crippen LogP contribution in [0.2, 0.25) is 0 Å². The van der Waals surface area contributed by atoms with Gasteiger partial charge in [0.05, 0.1) is 25.4 Å². The highest BCUT2D eigenvalue weighted by Gasteiger charge is 2.46. The number of hydrogen-bond donors (Lipinski definition) is 2. The average molecular weight is 274 g/mol. The van der Waals surface area contributed by atoms with Gasteiger partial charge in [-0.3, -0.25) is 0 Å². The first-order valence-electron chi connectivity index (χ1n) is 6.76. The van der Waals surface area contributed by atoms with Gasteiger partial charge in [0.2, 0.25) is 0 Å². The maximum absolute atomic E-state index is 10.9. The van der Waals surface area contributed by atoms with Gasteiger partial charge < -0.3 is 20.5 Å². The Hall–Kier alpha value is -1.85. The average Bonchev–Trinajstić information content (AvgIpc) is 3.01. The Morgan fingerprint density at radius 3 is 2.70 bits per heavy atom. The Labute approximate surface area is 117 Å². The van der Waals surface area contributed by atoms with Crippen LogP contribution in [-0.4, -0.2) is 37.5 Å². The van der Waals surface area contributed by atoms with Gasteiger partial charge in [-0.2, -0.15) is 0 Å². The molecule has 0 bridgehead atoms. The Bertz CT molecular complexity index is 503. The molecule has 1 aromatic rings. The SMILES string of the molecule is NC(=O)N[C@H]1CO[C@H]2[C@@H]1OC[C@@H]2/C=C\c1ccccc1. The number of carbonyl (C=O) groups is 1. The molecule has 2 heterocycles. The molecule has 0 saturated carbocycles. The van der Waals surface area contributed by atoms with E-state index in [-0.39, 0.29) is 24.2 Å². The minimum absolute atomic E-state index is 0.00758. The number of nitrogens with two attached hydrogens (primary N) is 1. The first-order chi connectivity index (χ1) is 9.74. The van der Waals surface area contributed by atoms with Crippen LogP contribution >= 0.6 is 0 Å². The fraction of sp³-hybridized carbons (Fsp3) is 0.400. The number of amides is 2. The van der Waals surface area contributed by atoms with Crippen molar-refractivity contribution in [3.63, 3.8) is 0 Å². The fourth-order valence-corrected chi connectivity index (χ4v) is 2.80. The minimum Gasteiger partial charge on any atom is -0.373 e. The van der Waals surface area contributed by atoms with Crippen molar-refractivity contribution in [1.82, 2.24) is 5.32 Å². The summed E-state index contributed by atoms with van der Waals surface area (Å²) >= 11 is 0. The first-order valence-corrected chi connectivity index (χ1v) is 6.76. The molecule has 2 aliphatic rings. The van der Waals surface area contributed by atoms with E-state index in [1.807, 2.05) is 18.2 Å². The number of primary amides is 1. The van der Waals surface area contributed by atoms with Crippen molar-refractivity contribution in [3.8, 4) is 0 Å². The molecule has 0 aliphatic carbocycles. The van der Waals surface area contributed by atoms with Crippen molar-refractivity contribution in [2.75, 3.05) is 13.2 Å². The number of rotatable bonds is 3. The zero-order valence-corrected chi connectivity index (χ0v) is 11.1. The summed E-state index contributed by atoms with van der Waals surface area (Å²) in [6.45, 7) is 1.06. The van der Waals surface area contributed by atoms with Gasteiger partial charge in [0.1, 0.15) is 6.10 Å². The van der Waals surface area contributed by atoms with Gasteiger partial charge in [-0.25, -0.2) is 4.79 Å². The molecule has 0 radical (unpaired) electrons. The predicted octanol–water partition coefficient (Wildman–Crippen LogP) is 1.15. The molecule has 4 atom stereocenters. The van der Waals surface area contributed by atoms with Gasteiger partial charge in [-0.1, -0.05) is 42.5 Å². The molecule has 0 spiro atoms. The van der Waals surface area contributed by atoms with E-state index in [2.05, 4.69) is 29.6 Å². The monoisotopic (exact) mass is 274 g/mol. The van der Waals surface area contributed by atoms with Crippen LogP contribution in [0.25, 0.3) is 6.08 Å². The number of ether oxygens (including phenoxy) is 2. The van der Waals surface area contributed by atoms with E-state index in [0.29, 0.717) is 13.2 Å². The maximum Gasteiger partial charge on any atom is 0.312 e. The van der Waals surface area contributed by atoms with Crippen molar-refractivity contribution in [2.24, 2.45) is 11.7 Å². The zero-order valence-electron chi connectivity index (χ0n) is 11.1. The van der Waals surface area contributed by atoms with Crippen LogP contribution in [0.15, 0.2) is 36.4 Å². The lowest BCUT2D eigenvalue weighted by Gasteiger charge is -2.15. The summed E-state index contributed by atoms with van der Waals surface area (Å²) in [6.07, 6.45) is 4.08. The highest BCUT2D eigenvalue weighted by atomic mass is 16.6. The summed E-state index contributed by atoms with van der Waals surface area (Å²) in [4.78, 5) is 10.9. The fourth-order valence-electron chi connectivity index (χ4n) is 2.80. The number of urea groups is 1. The summed E-state index contributed by atoms with van der Waals surface area (Å²) in [7, 11) is 0. The Kier molecular flexibility index (Phi) is 3.71. The van der Waals surface area contributed by atoms with Crippen molar-refractivity contribution in [2.45, 2.75) is 18.2 Å². The second kappa shape index (κ2) is 5.64. The van der Waals surface area contributed by atoms with E-state index in [9.17, 15) is 4.79 Å². The van der Waals surface area contributed by atoms with Crippen molar-refractivity contribution in [1.29, 1.82) is 0 Å². The standard InChI is InChI=1S/C15H18N2O3/c16-15(18)17-12-9-20-13-11(8-19-14(12)13)7-6-10-4-2-1-3-5-10/h1-7,11-14H,8-9H2,(H3,16,17,18)/b7-6-/t11-,12-,13+,14+/m0/s1. The lowest BCUT2D eigenvalue weighted by Crippen LogP contribution is -2.46. The molecular formula is C15H18N2O3. The van der Waals surface area contributed by atoms with E-state index in [4.69, 9.17) is 15.2 Å². The lowest BCUT2D eigenvalue weighted by molar-refractivity contribution is 0.0662. The summed E-state index contributed by atoms with van der Waals surface area (Å²) < 4.78 is 11.5. The van der Waals surface area contributed by atoms with E-state index in [1.54, 1.807) is 0 Å². The topological polar surface area (TPSA) is 73.6 Å². The number of benzene rings is 1. The molecule has 2 aliphatic heterocycles. The lowest BCUT2D eigenvalue weighted by atomic mass is 9.99. The predicted molar refractivity (Wildman–Crippen MR) is 75.0 cm³/mol. The van der Waals surface area contributed by atoms with E-state index >= 15 is 0 Å². The molecular weight excluding hydrogens is 256 g/mol. The molecule has 1 aromatic carbocycles. The zero-order chi connectivity index (χ0) is 13.9. The van der Waals surface area contributed by atoms with Crippen LogP contribution < -0.4 is 11.1 Å². The Morgan fingerprint density at radius 2 is 1.95 bits per heavy atom. The highest BCUT2D eigenvalue weighted by Crippen LogP contribution is 2.32. The van der Waals surface area contributed by atoms with Gasteiger partial charge in [0.15, 0.2) is 0 Å². The Balaban J connectivity index is 1.64. The summed E-state index contributed by atoms with van der Waals surface area (Å²) in [6, 6.07) is 9.43. The van der Waals surface area contributed by atoms with E-state index in [1.165, 1.54) is 0 Å². The molecule has 0 aromatic heterocycles. The molecule has 106 valence electrons. The molecule has 3 rings (SSSR count). The number of nitrogens with one attached hydrogen (secondary N) is 1. The summed E-state index contributed by atoms with van der Waals surface area (Å²) in [5.41, 5.74) is 6.30. The third-order valence-corrected chi connectivity index (χ3v) is 3.75. The number of carbonyl (C=O) groups excluding carboxylic acids is 1. The molecule has 0 unspecified atom stereocenters. The van der Waals surface area contributed by atoms with Crippen LogP contribution in [0.1, 0.15) is 5.56 Å². The van der Waals surface area contributed by atoms with Crippen LogP contribution in [0, 0.1) is 5.92 Å². The van der Waals surface area contributed by atoms with Crippen LogP contribution in [0.4, 0.5) is 4.79 Å². The third kappa shape index (κ3) is 2.69. The quantitative estimate of drug-likeness (QED) is 0.868. The van der Waals surface area contributed by atoms with Crippen LogP contribution in [0.5, 0.6) is 0 Å². The number of hydrogen-bond acceptors (Lipinski definition) is 3. The normalized spacial score (nSPS) is 32.4. The van der Waals surface area contributed by atoms with Gasteiger partial charge in [0, 0.05) is 5.92 Å². The van der Waals surface area contributed by atoms with Gasteiger partial charge in [-0.05, 0) is 5.56 Å². The molecule has 2 fully saturated rings. The number of fused-ring (bicyclic) bond motifs is 1. The summed E-state index contributed by atoms with van der Waals surface area (Å²) in [5.74, 6) is 0.208. The van der Waals surface area contributed by atoms with Gasteiger partial charge >= 0.3 is 6.03 Å². The van der Waals surface area contributed by atoms with Crippen molar-refractivity contribution in [3.05, 3.63) is 42.0 Å². The van der Waals surface area contributed by atoms with E-state index < -0.39 is 6.03 Å². The maximum atomic E-state index is 10.9.